The maximum atomic E-state index is 12.9. The summed E-state index contributed by atoms with van der Waals surface area (Å²) in [6, 6.07) is 2.48. The highest BCUT2D eigenvalue weighted by atomic mass is 19.1. The quantitative estimate of drug-likeness (QED) is 0.540. The van der Waals surface area contributed by atoms with E-state index in [1.165, 1.54) is 6.07 Å². The van der Waals surface area contributed by atoms with Gasteiger partial charge in [0.25, 0.3) is 0 Å². The van der Waals surface area contributed by atoms with Crippen LogP contribution < -0.4 is 11.2 Å². The molecule has 0 aliphatic rings. The molecule has 3 N–H and O–H groups in total. The van der Waals surface area contributed by atoms with Gasteiger partial charge in [0.15, 0.2) is 0 Å². The lowest BCUT2D eigenvalue weighted by Crippen LogP contribution is -2.24. The first kappa shape index (κ1) is 10.1. The second kappa shape index (κ2) is 4.31. The molecule has 0 aromatic heterocycles. The van der Waals surface area contributed by atoms with Gasteiger partial charge in [-0.15, -0.1) is 0 Å². The van der Waals surface area contributed by atoms with E-state index in [9.17, 15) is 13.6 Å². The predicted molar refractivity (Wildman–Crippen MR) is 46.7 cm³/mol. The summed E-state index contributed by atoms with van der Waals surface area (Å²) in [5.41, 5.74) is 6.17. The molecule has 0 aliphatic carbocycles. The van der Waals surface area contributed by atoms with E-state index in [1.54, 1.807) is 0 Å². The summed E-state index contributed by atoms with van der Waals surface area (Å²) in [7, 11) is 0. The topological polar surface area (TPSA) is 67.5 Å². The van der Waals surface area contributed by atoms with Crippen LogP contribution in [0.2, 0.25) is 0 Å². The molecule has 2 amide bonds. The number of rotatable bonds is 2. The van der Waals surface area contributed by atoms with Gasteiger partial charge < -0.3 is 5.73 Å². The summed E-state index contributed by atoms with van der Waals surface area (Å²) >= 11 is 0. The molecule has 0 radical (unpaired) electrons. The molecule has 0 saturated carbocycles. The van der Waals surface area contributed by atoms with Crippen molar-refractivity contribution in [2.45, 2.75) is 0 Å². The van der Waals surface area contributed by atoms with Crippen molar-refractivity contribution >= 4 is 12.2 Å². The monoisotopic (exact) mass is 199 g/mol. The fraction of sp³-hybridized carbons (Fsp3) is 0. The lowest BCUT2D eigenvalue weighted by molar-refractivity contribution is 0.249. The number of nitrogens with two attached hydrogens (primary N) is 1. The first-order valence-corrected chi connectivity index (χ1v) is 3.64. The van der Waals surface area contributed by atoms with Gasteiger partial charge in [0.2, 0.25) is 0 Å². The molecule has 0 aliphatic heterocycles. The van der Waals surface area contributed by atoms with Gasteiger partial charge in [-0.2, -0.15) is 5.10 Å². The fourth-order valence-corrected chi connectivity index (χ4v) is 0.794. The summed E-state index contributed by atoms with van der Waals surface area (Å²) in [6.45, 7) is 0. The average molecular weight is 199 g/mol. The van der Waals surface area contributed by atoms with Crippen molar-refractivity contribution in [3.8, 4) is 0 Å². The Balaban J connectivity index is 2.85. The standard InChI is InChI=1S/C8H7F2N3O/c9-6-2-1-3-7(10)5(6)4-12-13-8(11)14/h1-4H,(H3,11,13,14). The van der Waals surface area contributed by atoms with E-state index in [0.717, 1.165) is 18.3 Å². The molecule has 0 unspecified atom stereocenters. The number of halogens is 2. The Labute approximate surface area is 78.4 Å². The molecule has 0 fully saturated rings. The zero-order valence-corrected chi connectivity index (χ0v) is 7.00. The second-order valence-electron chi connectivity index (χ2n) is 2.37. The molecule has 0 atom stereocenters. The molecule has 0 heterocycles. The highest BCUT2D eigenvalue weighted by Crippen LogP contribution is 2.08. The van der Waals surface area contributed by atoms with Crippen molar-refractivity contribution in [3.05, 3.63) is 35.4 Å². The van der Waals surface area contributed by atoms with Gasteiger partial charge in [0, 0.05) is 0 Å². The molecule has 0 bridgehead atoms. The van der Waals surface area contributed by atoms with Gasteiger partial charge in [-0.1, -0.05) is 6.07 Å². The molecule has 4 nitrogen and oxygen atoms in total. The average Bonchev–Trinajstić information content (AvgIpc) is 2.09. The van der Waals surface area contributed by atoms with Crippen LogP contribution in [0, 0.1) is 11.6 Å². The van der Waals surface area contributed by atoms with Crippen molar-refractivity contribution in [1.82, 2.24) is 5.43 Å². The summed E-state index contributed by atoms with van der Waals surface area (Å²) < 4.78 is 25.8. The molecule has 1 aromatic rings. The summed E-state index contributed by atoms with van der Waals surface area (Å²) in [4.78, 5) is 10.2. The van der Waals surface area contributed by atoms with Gasteiger partial charge in [-0.25, -0.2) is 19.0 Å². The van der Waals surface area contributed by atoms with E-state index in [0.29, 0.717) is 0 Å². The Morgan fingerprint density at radius 1 is 1.43 bits per heavy atom. The molecular weight excluding hydrogens is 192 g/mol. The second-order valence-corrected chi connectivity index (χ2v) is 2.37. The number of benzene rings is 1. The van der Waals surface area contributed by atoms with Crippen LogP contribution >= 0.6 is 0 Å². The molecule has 74 valence electrons. The zero-order chi connectivity index (χ0) is 10.6. The van der Waals surface area contributed by atoms with Crippen molar-refractivity contribution in [3.63, 3.8) is 0 Å². The number of carbonyl (C=O) groups is 1. The number of urea groups is 1. The third-order valence-electron chi connectivity index (χ3n) is 1.37. The van der Waals surface area contributed by atoms with Crippen LogP contribution in [0.15, 0.2) is 23.3 Å². The van der Waals surface area contributed by atoms with E-state index in [-0.39, 0.29) is 5.56 Å². The third kappa shape index (κ3) is 2.51. The normalized spacial score (nSPS) is 10.4. The molecule has 0 saturated heterocycles. The Hall–Kier alpha value is -1.98. The molecule has 0 spiro atoms. The van der Waals surface area contributed by atoms with Crippen molar-refractivity contribution < 1.29 is 13.6 Å². The number of hydrogen-bond acceptors (Lipinski definition) is 2. The highest BCUT2D eigenvalue weighted by Gasteiger charge is 2.04. The summed E-state index contributed by atoms with van der Waals surface area (Å²) in [5, 5.41) is 3.23. The Morgan fingerprint density at radius 3 is 2.50 bits per heavy atom. The third-order valence-corrected chi connectivity index (χ3v) is 1.37. The van der Waals surface area contributed by atoms with Crippen LogP contribution in [-0.2, 0) is 0 Å². The number of carbonyl (C=O) groups excluding carboxylic acids is 1. The van der Waals surface area contributed by atoms with Crippen molar-refractivity contribution in [2.24, 2.45) is 10.8 Å². The minimum absolute atomic E-state index is 0.332. The van der Waals surface area contributed by atoms with Gasteiger partial charge in [0.05, 0.1) is 11.8 Å². The SMILES string of the molecule is NC(=O)NN=Cc1c(F)cccc1F. The number of primary amides is 1. The predicted octanol–water partition coefficient (Wildman–Crippen LogP) is 0.967. The molecule has 1 aromatic carbocycles. The first-order chi connectivity index (χ1) is 6.61. The Kier molecular flexibility index (Phi) is 3.11. The maximum Gasteiger partial charge on any atom is 0.332 e. The van der Waals surface area contributed by atoms with Crippen molar-refractivity contribution in [2.75, 3.05) is 0 Å². The molecular formula is C8H7F2N3O. The van der Waals surface area contributed by atoms with E-state index in [4.69, 9.17) is 0 Å². The van der Waals surface area contributed by atoms with E-state index >= 15 is 0 Å². The lowest BCUT2D eigenvalue weighted by atomic mass is 10.2. The van der Waals surface area contributed by atoms with Gasteiger partial charge in [-0.3, -0.25) is 0 Å². The maximum absolute atomic E-state index is 12.9. The smallest absolute Gasteiger partial charge is 0.332 e. The number of nitrogens with zero attached hydrogens (tertiary/aromatic N) is 1. The van der Waals surface area contributed by atoms with Gasteiger partial charge in [-0.05, 0) is 12.1 Å². The van der Waals surface area contributed by atoms with E-state index in [1.807, 2.05) is 5.43 Å². The summed E-state index contributed by atoms with van der Waals surface area (Å²) in [5.74, 6) is -1.53. The lowest BCUT2D eigenvalue weighted by Gasteiger charge is -1.97. The van der Waals surface area contributed by atoms with Gasteiger partial charge >= 0.3 is 6.03 Å². The number of hydrazone groups is 1. The molecule has 14 heavy (non-hydrogen) atoms. The van der Waals surface area contributed by atoms with Crippen LogP contribution in [0.5, 0.6) is 0 Å². The van der Waals surface area contributed by atoms with Crippen LogP contribution in [0.3, 0.4) is 0 Å². The van der Waals surface area contributed by atoms with Crippen LogP contribution in [0.4, 0.5) is 13.6 Å². The number of nitrogens with one attached hydrogen (secondary N) is 1. The van der Waals surface area contributed by atoms with Crippen LogP contribution in [0.25, 0.3) is 0 Å². The number of amides is 2. The fourth-order valence-electron chi connectivity index (χ4n) is 0.794. The van der Waals surface area contributed by atoms with Crippen molar-refractivity contribution in [1.29, 1.82) is 0 Å². The van der Waals surface area contributed by atoms with Crippen LogP contribution in [-0.4, -0.2) is 12.2 Å². The minimum Gasteiger partial charge on any atom is -0.350 e. The highest BCUT2D eigenvalue weighted by molar-refractivity contribution is 5.81. The van der Waals surface area contributed by atoms with Gasteiger partial charge in [0.1, 0.15) is 11.6 Å². The molecule has 1 rings (SSSR count). The Bertz CT molecular complexity index is 359. The number of hydrogen-bond donors (Lipinski definition) is 2. The molecule has 6 heteroatoms. The van der Waals surface area contributed by atoms with Crippen LogP contribution in [0.1, 0.15) is 5.56 Å². The van der Waals surface area contributed by atoms with E-state index < -0.39 is 17.7 Å². The Morgan fingerprint density at radius 2 is 2.00 bits per heavy atom. The minimum atomic E-state index is -0.905. The first-order valence-electron chi connectivity index (χ1n) is 3.64. The van der Waals surface area contributed by atoms with E-state index in [2.05, 4.69) is 10.8 Å². The largest absolute Gasteiger partial charge is 0.350 e. The zero-order valence-electron chi connectivity index (χ0n) is 7.00. The summed E-state index contributed by atoms with van der Waals surface area (Å²) in [6.07, 6.45) is 0.843.